The summed E-state index contributed by atoms with van der Waals surface area (Å²) in [6, 6.07) is 3.86. The van der Waals surface area contributed by atoms with Crippen LogP contribution in [0.3, 0.4) is 0 Å². The van der Waals surface area contributed by atoms with Crippen LogP contribution < -0.4 is 5.32 Å². The van der Waals surface area contributed by atoms with E-state index in [-0.39, 0.29) is 0 Å². The number of aromatic nitrogens is 2. The van der Waals surface area contributed by atoms with Gasteiger partial charge in [0.2, 0.25) is 5.95 Å². The van der Waals surface area contributed by atoms with Gasteiger partial charge in [0.15, 0.2) is 11.6 Å². The zero-order valence-electron chi connectivity index (χ0n) is 9.74. The average Bonchev–Trinajstić information content (AvgIpc) is 2.79. The second-order valence-electron chi connectivity index (χ2n) is 3.80. The van der Waals surface area contributed by atoms with Gasteiger partial charge in [-0.15, -0.1) is 6.58 Å². The van der Waals surface area contributed by atoms with Gasteiger partial charge >= 0.3 is 0 Å². The Hall–Kier alpha value is -2.17. The molecule has 0 saturated heterocycles. The molecule has 94 valence electrons. The highest BCUT2D eigenvalue weighted by molar-refractivity contribution is 5.29. The SMILES string of the molecule is C=CCNc1nccn1Cc1ccc(F)c(F)c1. The minimum absolute atomic E-state index is 0.427. The zero-order chi connectivity index (χ0) is 13.0. The predicted molar refractivity (Wildman–Crippen MR) is 66.4 cm³/mol. The number of nitrogens with one attached hydrogen (secondary N) is 1. The van der Waals surface area contributed by atoms with E-state index in [1.807, 2.05) is 4.57 Å². The van der Waals surface area contributed by atoms with Gasteiger partial charge in [-0.1, -0.05) is 12.1 Å². The molecule has 2 aromatic rings. The van der Waals surface area contributed by atoms with Crippen LogP contribution in [0.5, 0.6) is 0 Å². The number of halogens is 2. The molecule has 1 N–H and O–H groups in total. The second-order valence-corrected chi connectivity index (χ2v) is 3.80. The smallest absolute Gasteiger partial charge is 0.203 e. The van der Waals surface area contributed by atoms with E-state index in [1.165, 1.54) is 6.07 Å². The van der Waals surface area contributed by atoms with Crippen LogP contribution in [0, 0.1) is 11.6 Å². The lowest BCUT2D eigenvalue weighted by molar-refractivity contribution is 0.506. The van der Waals surface area contributed by atoms with Crippen LogP contribution >= 0.6 is 0 Å². The van der Waals surface area contributed by atoms with Gasteiger partial charge in [0, 0.05) is 18.9 Å². The fraction of sp³-hybridized carbons (Fsp3) is 0.154. The van der Waals surface area contributed by atoms with Gasteiger partial charge in [0.25, 0.3) is 0 Å². The fourth-order valence-corrected chi connectivity index (χ4v) is 1.60. The molecule has 0 amide bonds. The summed E-state index contributed by atoms with van der Waals surface area (Å²) in [5.74, 6) is -1.01. The van der Waals surface area contributed by atoms with Crippen LogP contribution in [-0.4, -0.2) is 16.1 Å². The summed E-state index contributed by atoms with van der Waals surface area (Å²) >= 11 is 0. The number of benzene rings is 1. The van der Waals surface area contributed by atoms with Gasteiger partial charge in [0.05, 0.1) is 6.54 Å². The number of nitrogens with zero attached hydrogens (tertiary/aromatic N) is 2. The van der Waals surface area contributed by atoms with E-state index >= 15 is 0 Å². The molecule has 5 heteroatoms. The highest BCUT2D eigenvalue weighted by Crippen LogP contribution is 2.12. The Kier molecular flexibility index (Phi) is 3.72. The Balaban J connectivity index is 2.15. The first-order chi connectivity index (χ1) is 8.70. The van der Waals surface area contributed by atoms with E-state index in [1.54, 1.807) is 24.5 Å². The first-order valence-corrected chi connectivity index (χ1v) is 5.50. The van der Waals surface area contributed by atoms with E-state index < -0.39 is 11.6 Å². The third-order valence-corrected chi connectivity index (χ3v) is 2.46. The van der Waals surface area contributed by atoms with Crippen molar-refractivity contribution in [2.45, 2.75) is 6.54 Å². The molecule has 0 saturated carbocycles. The zero-order valence-corrected chi connectivity index (χ0v) is 9.74. The van der Waals surface area contributed by atoms with E-state index in [4.69, 9.17) is 0 Å². The van der Waals surface area contributed by atoms with Gasteiger partial charge in [-0.25, -0.2) is 13.8 Å². The van der Waals surface area contributed by atoms with Crippen molar-refractivity contribution in [3.05, 3.63) is 60.4 Å². The number of hydrogen-bond acceptors (Lipinski definition) is 2. The maximum absolute atomic E-state index is 13.1. The Labute approximate surface area is 104 Å². The molecular weight excluding hydrogens is 236 g/mol. The van der Waals surface area contributed by atoms with Gasteiger partial charge < -0.3 is 9.88 Å². The lowest BCUT2D eigenvalue weighted by Crippen LogP contribution is -2.08. The number of hydrogen-bond donors (Lipinski definition) is 1. The van der Waals surface area contributed by atoms with E-state index in [0.717, 1.165) is 6.07 Å². The molecule has 1 aromatic carbocycles. The third-order valence-electron chi connectivity index (χ3n) is 2.46. The molecule has 0 aliphatic heterocycles. The molecule has 0 atom stereocenters. The maximum Gasteiger partial charge on any atom is 0.203 e. The standard InChI is InChI=1S/C13H13F2N3/c1-2-5-16-13-17-6-7-18(13)9-10-3-4-11(14)12(15)8-10/h2-4,6-8H,1,5,9H2,(H,16,17). The molecule has 0 aliphatic carbocycles. The highest BCUT2D eigenvalue weighted by atomic mass is 19.2. The van der Waals surface area contributed by atoms with Crippen molar-refractivity contribution < 1.29 is 8.78 Å². The molecule has 3 nitrogen and oxygen atoms in total. The van der Waals surface area contributed by atoms with Crippen LogP contribution in [0.15, 0.2) is 43.2 Å². The number of imidazole rings is 1. The van der Waals surface area contributed by atoms with Crippen molar-refractivity contribution in [3.63, 3.8) is 0 Å². The van der Waals surface area contributed by atoms with Crippen LogP contribution in [0.1, 0.15) is 5.56 Å². The highest BCUT2D eigenvalue weighted by Gasteiger charge is 2.05. The molecule has 1 heterocycles. The minimum atomic E-state index is -0.840. The van der Waals surface area contributed by atoms with Crippen LogP contribution in [0.2, 0.25) is 0 Å². The van der Waals surface area contributed by atoms with Gasteiger partial charge in [0.1, 0.15) is 0 Å². The maximum atomic E-state index is 13.1. The summed E-state index contributed by atoms with van der Waals surface area (Å²) in [5.41, 5.74) is 0.675. The summed E-state index contributed by atoms with van der Waals surface area (Å²) in [7, 11) is 0. The average molecular weight is 249 g/mol. The summed E-state index contributed by atoms with van der Waals surface area (Å²) in [6.45, 7) is 4.62. The van der Waals surface area contributed by atoms with E-state index in [9.17, 15) is 8.78 Å². The largest absolute Gasteiger partial charge is 0.352 e. The van der Waals surface area contributed by atoms with Crippen molar-refractivity contribution in [3.8, 4) is 0 Å². The van der Waals surface area contributed by atoms with Crippen molar-refractivity contribution >= 4 is 5.95 Å². The Bertz CT molecular complexity index is 549. The molecule has 1 aromatic heterocycles. The molecule has 0 spiro atoms. The Morgan fingerprint density at radius 2 is 2.17 bits per heavy atom. The number of anilines is 1. The molecule has 0 unspecified atom stereocenters. The molecular formula is C13H13F2N3. The van der Waals surface area contributed by atoms with Crippen LogP contribution in [0.25, 0.3) is 0 Å². The van der Waals surface area contributed by atoms with E-state index in [0.29, 0.717) is 24.6 Å². The normalized spacial score (nSPS) is 10.3. The van der Waals surface area contributed by atoms with Crippen LogP contribution in [0.4, 0.5) is 14.7 Å². The fourth-order valence-electron chi connectivity index (χ4n) is 1.60. The molecule has 0 bridgehead atoms. The molecule has 0 aliphatic rings. The van der Waals surface area contributed by atoms with Crippen molar-refractivity contribution in [1.29, 1.82) is 0 Å². The molecule has 0 radical (unpaired) electrons. The number of rotatable bonds is 5. The molecule has 2 rings (SSSR count). The lowest BCUT2D eigenvalue weighted by atomic mass is 10.2. The second kappa shape index (κ2) is 5.44. The first kappa shape index (κ1) is 12.3. The lowest BCUT2D eigenvalue weighted by Gasteiger charge is -2.08. The van der Waals surface area contributed by atoms with Crippen LogP contribution in [-0.2, 0) is 6.54 Å². The van der Waals surface area contributed by atoms with Crippen molar-refractivity contribution in [2.24, 2.45) is 0 Å². The molecule has 0 fully saturated rings. The first-order valence-electron chi connectivity index (χ1n) is 5.50. The quantitative estimate of drug-likeness (QED) is 0.826. The summed E-state index contributed by atoms with van der Waals surface area (Å²) in [6.07, 6.45) is 5.13. The molecule has 18 heavy (non-hydrogen) atoms. The summed E-state index contributed by atoms with van der Waals surface area (Å²) in [5, 5.41) is 3.06. The topological polar surface area (TPSA) is 29.9 Å². The monoisotopic (exact) mass is 249 g/mol. The van der Waals surface area contributed by atoms with Crippen molar-refractivity contribution in [1.82, 2.24) is 9.55 Å². The van der Waals surface area contributed by atoms with E-state index in [2.05, 4.69) is 16.9 Å². The summed E-state index contributed by atoms with van der Waals surface area (Å²) < 4.78 is 27.7. The van der Waals surface area contributed by atoms with Gasteiger partial charge in [-0.05, 0) is 17.7 Å². The van der Waals surface area contributed by atoms with Crippen molar-refractivity contribution in [2.75, 3.05) is 11.9 Å². The van der Waals surface area contributed by atoms with Gasteiger partial charge in [-0.2, -0.15) is 0 Å². The minimum Gasteiger partial charge on any atom is -0.352 e. The third kappa shape index (κ3) is 2.74. The Morgan fingerprint density at radius 1 is 1.33 bits per heavy atom. The predicted octanol–water partition coefficient (Wildman–Crippen LogP) is 2.81. The summed E-state index contributed by atoms with van der Waals surface area (Å²) in [4.78, 5) is 4.13. The Morgan fingerprint density at radius 3 is 2.89 bits per heavy atom. The van der Waals surface area contributed by atoms with Gasteiger partial charge in [-0.3, -0.25) is 0 Å².